The van der Waals surface area contributed by atoms with Gasteiger partial charge in [0, 0.05) is 11.1 Å². The van der Waals surface area contributed by atoms with Crippen molar-refractivity contribution in [2.45, 2.75) is 9.92 Å². The smallest absolute Gasteiger partial charge is 0.101 e. The van der Waals surface area contributed by atoms with Gasteiger partial charge in [0.2, 0.25) is 0 Å². The molecule has 2 aromatic rings. The zero-order valence-corrected chi connectivity index (χ0v) is 12.1. The molecule has 0 N–H and O–H groups in total. The van der Waals surface area contributed by atoms with E-state index in [1.54, 1.807) is 24.4 Å². The predicted molar refractivity (Wildman–Crippen MR) is 74.8 cm³/mol. The van der Waals surface area contributed by atoms with Gasteiger partial charge in [0.25, 0.3) is 0 Å². The van der Waals surface area contributed by atoms with Gasteiger partial charge in [-0.3, -0.25) is 0 Å². The van der Waals surface area contributed by atoms with Gasteiger partial charge in [-0.25, -0.2) is 4.98 Å². The van der Waals surface area contributed by atoms with Crippen LogP contribution >= 0.6 is 58.2 Å². The molecule has 0 unspecified atom stereocenters. The first-order chi connectivity index (χ1) is 8.06. The first-order valence-electron chi connectivity index (χ1n) is 4.50. The van der Waals surface area contributed by atoms with E-state index in [4.69, 9.17) is 46.4 Å². The van der Waals surface area contributed by atoms with Gasteiger partial charge in [0.05, 0.1) is 20.1 Å². The van der Waals surface area contributed by atoms with Crippen molar-refractivity contribution >= 4 is 58.2 Å². The largest absolute Gasteiger partial charge is 0.248 e. The molecule has 0 radical (unpaired) electrons. The third kappa shape index (κ3) is 3.43. The molecule has 0 spiro atoms. The van der Waals surface area contributed by atoms with Gasteiger partial charge in [-0.1, -0.05) is 58.2 Å². The number of rotatable bonds is 2. The van der Waals surface area contributed by atoms with Gasteiger partial charge in [-0.2, -0.15) is 0 Å². The summed E-state index contributed by atoms with van der Waals surface area (Å²) < 4.78 is 0. The summed E-state index contributed by atoms with van der Waals surface area (Å²) in [5, 5.41) is 2.82. The lowest BCUT2D eigenvalue weighted by Gasteiger charge is -2.05. The topological polar surface area (TPSA) is 12.9 Å². The van der Waals surface area contributed by atoms with E-state index in [1.807, 2.05) is 6.07 Å². The van der Waals surface area contributed by atoms with Crippen molar-refractivity contribution in [1.82, 2.24) is 4.98 Å². The minimum atomic E-state index is 0.435. The fourth-order valence-corrected chi connectivity index (χ4v) is 2.76. The van der Waals surface area contributed by atoms with Crippen LogP contribution in [0.15, 0.2) is 40.4 Å². The number of halogens is 4. The van der Waals surface area contributed by atoms with Crippen molar-refractivity contribution in [2.24, 2.45) is 0 Å². The Morgan fingerprint density at radius 1 is 0.882 bits per heavy atom. The second kappa shape index (κ2) is 5.68. The summed E-state index contributed by atoms with van der Waals surface area (Å²) in [6.07, 6.45) is 1.58. The normalized spacial score (nSPS) is 10.6. The summed E-state index contributed by atoms with van der Waals surface area (Å²) in [4.78, 5) is 4.96. The number of hydrogen-bond acceptors (Lipinski definition) is 2. The molecule has 6 heteroatoms. The standard InChI is InChI=1S/C11H5Cl4NS/c12-6-1-2-11(16-5-6)17-10-4-8(14)7(13)3-9(10)15/h1-5H. The van der Waals surface area contributed by atoms with E-state index >= 15 is 0 Å². The van der Waals surface area contributed by atoms with Crippen molar-refractivity contribution in [2.75, 3.05) is 0 Å². The van der Waals surface area contributed by atoms with Crippen LogP contribution in [0.2, 0.25) is 20.1 Å². The summed E-state index contributed by atoms with van der Waals surface area (Å²) in [5.41, 5.74) is 0. The number of hydrogen-bond donors (Lipinski definition) is 0. The zero-order chi connectivity index (χ0) is 12.4. The van der Waals surface area contributed by atoms with Gasteiger partial charge in [-0.15, -0.1) is 0 Å². The van der Waals surface area contributed by atoms with Gasteiger partial charge >= 0.3 is 0 Å². The van der Waals surface area contributed by atoms with E-state index in [2.05, 4.69) is 4.98 Å². The molecule has 0 atom stereocenters. The molecule has 0 aliphatic carbocycles. The Balaban J connectivity index is 2.30. The van der Waals surface area contributed by atoms with Crippen LogP contribution in [0.5, 0.6) is 0 Å². The molecule has 0 fully saturated rings. The van der Waals surface area contributed by atoms with E-state index in [0.717, 1.165) is 9.92 Å². The third-order valence-corrected chi connectivity index (χ3v) is 4.27. The van der Waals surface area contributed by atoms with E-state index in [-0.39, 0.29) is 0 Å². The number of benzene rings is 1. The van der Waals surface area contributed by atoms with Crippen LogP contribution in [0.3, 0.4) is 0 Å². The molecule has 0 aliphatic heterocycles. The summed E-state index contributed by atoms with van der Waals surface area (Å²) in [6, 6.07) is 6.91. The maximum absolute atomic E-state index is 6.06. The third-order valence-electron chi connectivity index (χ3n) is 1.89. The fourth-order valence-electron chi connectivity index (χ4n) is 1.12. The Kier molecular flexibility index (Phi) is 4.45. The first-order valence-corrected chi connectivity index (χ1v) is 6.83. The Morgan fingerprint density at radius 2 is 1.59 bits per heavy atom. The highest BCUT2D eigenvalue weighted by molar-refractivity contribution is 7.99. The van der Waals surface area contributed by atoms with Crippen LogP contribution in [-0.2, 0) is 0 Å². The number of nitrogens with zero attached hydrogens (tertiary/aromatic N) is 1. The van der Waals surface area contributed by atoms with Crippen molar-refractivity contribution in [3.63, 3.8) is 0 Å². The van der Waals surface area contributed by atoms with Crippen molar-refractivity contribution in [1.29, 1.82) is 0 Å². The minimum absolute atomic E-state index is 0.435. The summed E-state index contributed by atoms with van der Waals surface area (Å²) in [7, 11) is 0. The maximum Gasteiger partial charge on any atom is 0.101 e. The predicted octanol–water partition coefficient (Wildman–Crippen LogP) is 5.85. The first kappa shape index (κ1) is 13.3. The Bertz CT molecular complexity index is 542. The highest BCUT2D eigenvalue weighted by Gasteiger charge is 2.08. The van der Waals surface area contributed by atoms with Gasteiger partial charge in [0.1, 0.15) is 5.03 Å². The molecule has 0 bridgehead atoms. The van der Waals surface area contributed by atoms with E-state index in [1.165, 1.54) is 11.8 Å². The summed E-state index contributed by atoms with van der Waals surface area (Å²) in [5.74, 6) is 0. The molecule has 1 heterocycles. The molecular formula is C11H5Cl4NS. The Morgan fingerprint density at radius 3 is 2.24 bits per heavy atom. The lowest BCUT2D eigenvalue weighted by Crippen LogP contribution is -1.81. The molecule has 0 saturated carbocycles. The number of aromatic nitrogens is 1. The monoisotopic (exact) mass is 323 g/mol. The fraction of sp³-hybridized carbons (Fsp3) is 0. The Hall–Kier alpha value is -0.120. The quantitative estimate of drug-likeness (QED) is 0.643. The van der Waals surface area contributed by atoms with Crippen LogP contribution in [-0.4, -0.2) is 4.98 Å². The van der Waals surface area contributed by atoms with Crippen molar-refractivity contribution < 1.29 is 0 Å². The molecule has 1 aromatic heterocycles. The van der Waals surface area contributed by atoms with Gasteiger partial charge < -0.3 is 0 Å². The molecule has 0 aliphatic rings. The van der Waals surface area contributed by atoms with Crippen LogP contribution in [0.1, 0.15) is 0 Å². The average Bonchev–Trinajstić information content (AvgIpc) is 2.29. The van der Waals surface area contributed by atoms with Gasteiger partial charge in [0.15, 0.2) is 0 Å². The van der Waals surface area contributed by atoms with Crippen LogP contribution in [0.4, 0.5) is 0 Å². The van der Waals surface area contributed by atoms with Crippen LogP contribution in [0, 0.1) is 0 Å². The minimum Gasteiger partial charge on any atom is -0.248 e. The molecule has 1 aromatic carbocycles. The number of pyridine rings is 1. The molecule has 2 rings (SSSR count). The highest BCUT2D eigenvalue weighted by Crippen LogP contribution is 2.37. The highest BCUT2D eigenvalue weighted by atomic mass is 35.5. The molecule has 88 valence electrons. The molecule has 17 heavy (non-hydrogen) atoms. The zero-order valence-electron chi connectivity index (χ0n) is 8.25. The lowest BCUT2D eigenvalue weighted by atomic mass is 10.4. The van der Waals surface area contributed by atoms with E-state index < -0.39 is 0 Å². The van der Waals surface area contributed by atoms with Crippen LogP contribution in [0.25, 0.3) is 0 Å². The Labute approximate surface area is 123 Å². The maximum atomic E-state index is 6.06. The second-order valence-electron chi connectivity index (χ2n) is 3.11. The molecule has 0 saturated heterocycles. The second-order valence-corrected chi connectivity index (χ2v) is 5.83. The summed E-state index contributed by atoms with van der Waals surface area (Å²) in [6.45, 7) is 0. The SMILES string of the molecule is Clc1ccc(Sc2cc(Cl)c(Cl)cc2Cl)nc1. The molecular weight excluding hydrogens is 320 g/mol. The van der Waals surface area contributed by atoms with Gasteiger partial charge in [-0.05, 0) is 24.3 Å². The van der Waals surface area contributed by atoms with Crippen molar-refractivity contribution in [3.8, 4) is 0 Å². The van der Waals surface area contributed by atoms with Crippen LogP contribution < -0.4 is 0 Å². The average molecular weight is 325 g/mol. The van der Waals surface area contributed by atoms with E-state index in [0.29, 0.717) is 20.1 Å². The molecule has 1 nitrogen and oxygen atoms in total. The van der Waals surface area contributed by atoms with Crippen molar-refractivity contribution in [3.05, 3.63) is 50.6 Å². The molecule has 0 amide bonds. The summed E-state index contributed by atoms with van der Waals surface area (Å²) >= 11 is 25.0. The van der Waals surface area contributed by atoms with E-state index in [9.17, 15) is 0 Å². The lowest BCUT2D eigenvalue weighted by molar-refractivity contribution is 1.13.